The highest BCUT2D eigenvalue weighted by atomic mass is 32.2. The van der Waals surface area contributed by atoms with Crippen LogP contribution in [0.15, 0.2) is 23.7 Å². The minimum absolute atomic E-state index is 0.0110. The van der Waals surface area contributed by atoms with E-state index in [0.29, 0.717) is 30.9 Å². The number of thiophene rings is 1. The first-order valence-electron chi connectivity index (χ1n) is 12.9. The van der Waals surface area contributed by atoms with Gasteiger partial charge in [0.25, 0.3) is 0 Å². The van der Waals surface area contributed by atoms with Gasteiger partial charge in [0.05, 0.1) is 21.9 Å². The van der Waals surface area contributed by atoms with E-state index in [-0.39, 0.29) is 28.5 Å². The van der Waals surface area contributed by atoms with Gasteiger partial charge in [-0.2, -0.15) is 20.2 Å². The molecule has 2 fully saturated rings. The maximum absolute atomic E-state index is 9.70. The number of fused-ring (bicyclic) bond motifs is 2. The fourth-order valence-corrected chi connectivity index (χ4v) is 8.16. The molecule has 2 unspecified atom stereocenters. The lowest BCUT2D eigenvalue weighted by Gasteiger charge is -2.53. The Hall–Kier alpha value is -3.18. The van der Waals surface area contributed by atoms with E-state index in [4.69, 9.17) is 31.2 Å². The van der Waals surface area contributed by atoms with Crippen molar-refractivity contribution in [2.24, 2.45) is 5.73 Å². The van der Waals surface area contributed by atoms with Gasteiger partial charge in [0, 0.05) is 46.9 Å². The Morgan fingerprint density at radius 3 is 2.74 bits per heavy atom. The number of nitriles is 1. The molecular weight excluding hydrogens is 532 g/mol. The van der Waals surface area contributed by atoms with Gasteiger partial charge in [0.2, 0.25) is 11.9 Å². The molecule has 2 aliphatic heterocycles. The Balaban J connectivity index is 1.32. The summed E-state index contributed by atoms with van der Waals surface area (Å²) in [6.07, 6.45) is 3.43. The van der Waals surface area contributed by atoms with Crippen LogP contribution in [0, 0.1) is 11.3 Å². The maximum Gasteiger partial charge on any atom is 0.323 e. The predicted molar refractivity (Wildman–Crippen MR) is 154 cm³/mol. The molecule has 1 saturated heterocycles. The van der Waals surface area contributed by atoms with Crippen LogP contribution in [0.25, 0.3) is 0 Å². The average Bonchev–Trinajstić information content (AvgIpc) is 3.48. The van der Waals surface area contributed by atoms with Crippen molar-refractivity contribution in [3.8, 4) is 12.1 Å². The third-order valence-corrected chi connectivity index (χ3v) is 11.1. The fraction of sp³-hybridized carbons (Fsp3) is 0.500. The molecule has 204 valence electrons. The number of ether oxygens (including phenoxy) is 1. The molecule has 1 aliphatic carbocycles. The molecule has 39 heavy (non-hydrogen) atoms. The van der Waals surface area contributed by atoms with Crippen molar-refractivity contribution in [3.63, 3.8) is 0 Å². The van der Waals surface area contributed by atoms with E-state index in [0.717, 1.165) is 35.3 Å². The summed E-state index contributed by atoms with van der Waals surface area (Å²) >= 11 is 3.44. The van der Waals surface area contributed by atoms with Crippen molar-refractivity contribution in [1.29, 1.82) is 5.26 Å². The molecule has 5 heterocycles. The van der Waals surface area contributed by atoms with Crippen molar-refractivity contribution in [1.82, 2.24) is 24.8 Å². The second-order valence-corrected chi connectivity index (χ2v) is 13.0. The van der Waals surface area contributed by atoms with Crippen LogP contribution in [-0.2, 0) is 10.5 Å². The predicted octanol–water partition coefficient (Wildman–Crippen LogP) is 2.70. The molecule has 1 spiro atoms. The van der Waals surface area contributed by atoms with Crippen molar-refractivity contribution < 1.29 is 4.74 Å². The van der Waals surface area contributed by atoms with Crippen molar-refractivity contribution in [2.75, 3.05) is 49.8 Å². The van der Waals surface area contributed by atoms with Crippen molar-refractivity contribution in [2.45, 2.75) is 48.0 Å². The van der Waals surface area contributed by atoms with Crippen LogP contribution in [0.5, 0.6) is 6.01 Å². The smallest absolute Gasteiger partial charge is 0.323 e. The monoisotopic (exact) mass is 564 g/mol. The number of thioether (sulfide) groups is 1. The van der Waals surface area contributed by atoms with Crippen molar-refractivity contribution in [3.05, 3.63) is 45.3 Å². The third kappa shape index (κ3) is 4.17. The van der Waals surface area contributed by atoms with E-state index in [1.807, 2.05) is 41.3 Å². The average molecular weight is 565 g/mol. The zero-order valence-corrected chi connectivity index (χ0v) is 24.1. The summed E-state index contributed by atoms with van der Waals surface area (Å²) in [4.78, 5) is 25.9. The quantitative estimate of drug-likeness (QED) is 0.415. The van der Waals surface area contributed by atoms with Gasteiger partial charge in [-0.05, 0) is 39.9 Å². The highest BCUT2D eigenvalue weighted by Crippen LogP contribution is 2.58. The second-order valence-electron chi connectivity index (χ2n) is 10.7. The Kier molecular flexibility index (Phi) is 6.33. The normalized spacial score (nSPS) is 23.3. The highest BCUT2D eigenvalue weighted by molar-refractivity contribution is 8.00. The summed E-state index contributed by atoms with van der Waals surface area (Å²) in [5.74, 6) is 2.25. The first kappa shape index (κ1) is 26.1. The van der Waals surface area contributed by atoms with Gasteiger partial charge in [-0.25, -0.2) is 4.98 Å². The number of anilines is 3. The summed E-state index contributed by atoms with van der Waals surface area (Å²) in [6.45, 7) is 3.13. The standard InChI is InChI=1S/C26H32N10OS2/c1-15(17-6-5-9-30-20(17)28)35(4)22-31-23(33-24(32-22)37-14-25(7-8-25)34(2)3)36-13-26(21(36)29)19-16(10-27)11-38-18(19)12-39-26/h5-6,9,11,15,21H,7-8,12-14,29H2,1-4H3,(H2,28,30)/t15-,21?,26?/m1/s1. The van der Waals surface area contributed by atoms with Gasteiger partial charge >= 0.3 is 6.01 Å². The Labute approximate surface area is 236 Å². The molecule has 0 amide bonds. The molecule has 1 saturated carbocycles. The number of aromatic nitrogens is 4. The van der Waals surface area contributed by atoms with Crippen LogP contribution < -0.4 is 26.0 Å². The second kappa shape index (κ2) is 9.48. The molecule has 6 rings (SSSR count). The number of likely N-dealkylation sites (N-methyl/N-ethyl adjacent to an activating group) is 1. The Morgan fingerprint density at radius 1 is 1.28 bits per heavy atom. The molecule has 3 aromatic heterocycles. The van der Waals surface area contributed by atoms with Crippen LogP contribution in [0.2, 0.25) is 0 Å². The largest absolute Gasteiger partial charge is 0.461 e. The molecule has 0 radical (unpaired) electrons. The zero-order valence-electron chi connectivity index (χ0n) is 22.5. The molecule has 4 N–H and O–H groups in total. The molecule has 0 bridgehead atoms. The minimum Gasteiger partial charge on any atom is -0.461 e. The van der Waals surface area contributed by atoms with Crippen molar-refractivity contribution >= 4 is 40.8 Å². The summed E-state index contributed by atoms with van der Waals surface area (Å²) < 4.78 is 5.86. The first-order valence-corrected chi connectivity index (χ1v) is 14.7. The van der Waals surface area contributed by atoms with Gasteiger partial charge in [-0.3, -0.25) is 0 Å². The SMILES string of the molecule is C[C@H](c1cccnc1N)N(C)c1nc(OCC2(N(C)C)CC2)nc(N2CC3(SCc4scc(C#N)c43)C2N)n1. The van der Waals surface area contributed by atoms with E-state index < -0.39 is 0 Å². The van der Waals surface area contributed by atoms with Gasteiger partial charge < -0.3 is 30.9 Å². The minimum atomic E-state index is -0.387. The molecular formula is C26H32N10OS2. The lowest BCUT2D eigenvalue weighted by Crippen LogP contribution is -2.70. The number of nitrogens with two attached hydrogens (primary N) is 2. The molecule has 3 atom stereocenters. The van der Waals surface area contributed by atoms with Crippen LogP contribution in [0.4, 0.5) is 17.7 Å². The lowest BCUT2D eigenvalue weighted by molar-refractivity contribution is 0.158. The Morgan fingerprint density at radius 2 is 2.08 bits per heavy atom. The highest BCUT2D eigenvalue weighted by Gasteiger charge is 2.58. The van der Waals surface area contributed by atoms with Crippen LogP contribution in [0.1, 0.15) is 47.4 Å². The number of rotatable bonds is 8. The lowest BCUT2D eigenvalue weighted by atomic mass is 9.85. The summed E-state index contributed by atoms with van der Waals surface area (Å²) in [7, 11) is 6.06. The number of nitrogen functional groups attached to an aromatic ring is 1. The number of pyridine rings is 1. The van der Waals surface area contributed by atoms with Crippen LogP contribution in [0.3, 0.4) is 0 Å². The number of hydrogen-bond acceptors (Lipinski definition) is 13. The van der Waals surface area contributed by atoms with E-state index in [1.54, 1.807) is 29.3 Å². The van der Waals surface area contributed by atoms with Gasteiger partial charge in [0.1, 0.15) is 24.7 Å². The molecule has 13 heteroatoms. The van der Waals surface area contributed by atoms with E-state index in [2.05, 4.69) is 30.0 Å². The van der Waals surface area contributed by atoms with Gasteiger partial charge in [0.15, 0.2) is 0 Å². The number of nitrogens with zero attached hydrogens (tertiary/aromatic N) is 8. The molecule has 11 nitrogen and oxygen atoms in total. The molecule has 0 aromatic carbocycles. The first-order chi connectivity index (χ1) is 18.7. The summed E-state index contributed by atoms with van der Waals surface area (Å²) in [6, 6.07) is 6.29. The molecule has 3 aromatic rings. The Bertz CT molecular complexity index is 1450. The van der Waals surface area contributed by atoms with E-state index >= 15 is 0 Å². The van der Waals surface area contributed by atoms with Gasteiger partial charge in [-0.1, -0.05) is 6.07 Å². The topological polar surface area (TPSA) is 146 Å². The molecule has 3 aliphatic rings. The zero-order chi connectivity index (χ0) is 27.5. The van der Waals surface area contributed by atoms with E-state index in [9.17, 15) is 5.26 Å². The summed E-state index contributed by atoms with van der Waals surface area (Å²) in [5, 5.41) is 11.6. The van der Waals surface area contributed by atoms with Crippen LogP contribution >= 0.6 is 23.1 Å². The maximum atomic E-state index is 9.70. The third-order valence-electron chi connectivity index (χ3n) is 8.40. The van der Waals surface area contributed by atoms with Gasteiger partial charge in [-0.15, -0.1) is 23.1 Å². The van der Waals surface area contributed by atoms with E-state index in [1.165, 1.54) is 4.88 Å². The summed E-state index contributed by atoms with van der Waals surface area (Å²) in [5.41, 5.74) is 15.7. The van der Waals surface area contributed by atoms with Crippen LogP contribution in [-0.4, -0.2) is 70.8 Å². The number of hydrogen-bond donors (Lipinski definition) is 2. The fourth-order valence-electron chi connectivity index (χ4n) is 5.37.